The molecule has 1 unspecified atom stereocenters. The van der Waals surface area contributed by atoms with Crippen molar-refractivity contribution in [2.24, 2.45) is 0 Å². The van der Waals surface area contributed by atoms with Crippen molar-refractivity contribution in [2.45, 2.75) is 17.4 Å². The summed E-state index contributed by atoms with van der Waals surface area (Å²) in [5.74, 6) is 3.22. The van der Waals surface area contributed by atoms with Crippen molar-refractivity contribution in [3.8, 4) is 11.4 Å². The van der Waals surface area contributed by atoms with Crippen molar-refractivity contribution in [1.29, 1.82) is 0 Å². The van der Waals surface area contributed by atoms with Gasteiger partial charge in [-0.05, 0) is 36.4 Å². The van der Waals surface area contributed by atoms with E-state index in [-0.39, 0.29) is 6.47 Å². The minimum absolute atomic E-state index is 0.250. The van der Waals surface area contributed by atoms with Crippen molar-refractivity contribution < 1.29 is 18.3 Å². The Morgan fingerprint density at radius 2 is 2.00 bits per heavy atom. The normalized spacial score (nSPS) is 17.3. The van der Waals surface area contributed by atoms with Gasteiger partial charge in [0.25, 0.3) is 6.47 Å². The number of aromatic nitrogens is 2. The molecular weight excluding hydrogens is 336 g/mol. The summed E-state index contributed by atoms with van der Waals surface area (Å²) in [6.45, 7) is -0.250. The lowest BCUT2D eigenvalue weighted by molar-refractivity contribution is -0.122. The van der Waals surface area contributed by atoms with Gasteiger partial charge in [-0.2, -0.15) is 11.8 Å². The maximum atomic E-state index is 11.5. The summed E-state index contributed by atoms with van der Waals surface area (Å²) < 4.78 is 25.2. The molecule has 1 fully saturated rings. The molecular formula is C15H18N2O4S2. The van der Waals surface area contributed by atoms with Crippen LogP contribution in [0.1, 0.15) is 12.5 Å². The molecule has 2 aromatic rings. The Labute approximate surface area is 139 Å². The molecule has 8 heteroatoms. The molecule has 3 rings (SSSR count). The highest BCUT2D eigenvalue weighted by Gasteiger charge is 2.20. The molecule has 0 saturated carbocycles. The van der Waals surface area contributed by atoms with Gasteiger partial charge in [-0.15, -0.1) is 0 Å². The number of carbonyl (C=O) groups is 1. The fraction of sp³-hybridized carbons (Fsp3) is 0.333. The summed E-state index contributed by atoms with van der Waals surface area (Å²) in [6, 6.07) is 7.45. The zero-order valence-corrected chi connectivity index (χ0v) is 14.3. The maximum Gasteiger partial charge on any atom is 0.290 e. The Hall–Kier alpha value is -1.80. The first-order valence-electron chi connectivity index (χ1n) is 6.96. The summed E-state index contributed by atoms with van der Waals surface area (Å²) in [4.78, 5) is 13.1. The molecule has 23 heavy (non-hydrogen) atoms. The minimum atomic E-state index is -3.14. The number of thioether (sulfide) groups is 1. The second-order valence-corrected chi connectivity index (χ2v) is 8.24. The van der Waals surface area contributed by atoms with E-state index < -0.39 is 9.84 Å². The van der Waals surface area contributed by atoms with Gasteiger partial charge in [0, 0.05) is 36.0 Å². The summed E-state index contributed by atoms with van der Waals surface area (Å²) in [5.41, 5.74) is 0.958. The van der Waals surface area contributed by atoms with Crippen molar-refractivity contribution in [3.63, 3.8) is 0 Å². The molecule has 1 aromatic heterocycles. The molecule has 0 bridgehead atoms. The van der Waals surface area contributed by atoms with Crippen LogP contribution in [0.25, 0.3) is 11.4 Å². The Kier molecular flexibility index (Phi) is 5.84. The number of imidazole rings is 1. The highest BCUT2D eigenvalue weighted by molar-refractivity contribution is 7.99. The van der Waals surface area contributed by atoms with Crippen molar-refractivity contribution in [3.05, 3.63) is 36.7 Å². The smallest absolute Gasteiger partial charge is 0.290 e. The van der Waals surface area contributed by atoms with E-state index in [4.69, 9.17) is 9.90 Å². The fourth-order valence-electron chi connectivity index (χ4n) is 2.42. The Morgan fingerprint density at radius 1 is 1.35 bits per heavy atom. The predicted octanol–water partition coefficient (Wildman–Crippen LogP) is 2.33. The minimum Gasteiger partial charge on any atom is -0.483 e. The second kappa shape index (κ2) is 7.65. The van der Waals surface area contributed by atoms with Gasteiger partial charge in [0.1, 0.15) is 5.82 Å². The average molecular weight is 354 g/mol. The quantitative estimate of drug-likeness (QED) is 0.851. The van der Waals surface area contributed by atoms with Gasteiger partial charge in [0.05, 0.1) is 4.90 Å². The van der Waals surface area contributed by atoms with Gasteiger partial charge in [-0.1, -0.05) is 0 Å². The molecule has 0 radical (unpaired) electrons. The Balaban J connectivity index is 0.000000595. The van der Waals surface area contributed by atoms with Gasteiger partial charge < -0.3 is 9.67 Å². The van der Waals surface area contributed by atoms with E-state index in [1.54, 1.807) is 12.1 Å². The van der Waals surface area contributed by atoms with Gasteiger partial charge in [0.2, 0.25) is 0 Å². The summed E-state index contributed by atoms with van der Waals surface area (Å²) in [6.07, 6.45) is 6.20. The SMILES string of the molecule is CS(=O)(=O)c1ccc(-c2nccn2C2CCSC2)cc1.O=CO. The number of nitrogens with zero attached hydrogens (tertiary/aromatic N) is 2. The molecule has 1 aromatic carbocycles. The molecule has 1 aliphatic rings. The molecule has 1 N–H and O–H groups in total. The number of rotatable bonds is 3. The van der Waals surface area contributed by atoms with Gasteiger partial charge in [0.15, 0.2) is 9.84 Å². The molecule has 1 atom stereocenters. The summed E-state index contributed by atoms with van der Waals surface area (Å²) >= 11 is 1.96. The van der Waals surface area contributed by atoms with E-state index in [1.807, 2.05) is 36.3 Å². The van der Waals surface area contributed by atoms with E-state index in [9.17, 15) is 8.42 Å². The van der Waals surface area contributed by atoms with Crippen LogP contribution in [0.5, 0.6) is 0 Å². The summed E-state index contributed by atoms with van der Waals surface area (Å²) in [7, 11) is -3.14. The average Bonchev–Trinajstić information content (AvgIpc) is 3.18. The van der Waals surface area contributed by atoms with Crippen LogP contribution < -0.4 is 0 Å². The maximum absolute atomic E-state index is 11.5. The van der Waals surface area contributed by atoms with Crippen LogP contribution >= 0.6 is 11.8 Å². The molecule has 6 nitrogen and oxygen atoms in total. The molecule has 0 spiro atoms. The molecule has 124 valence electrons. The van der Waals surface area contributed by atoms with Crippen LogP contribution in [0.3, 0.4) is 0 Å². The standard InChI is InChI=1S/C14H16N2O2S2.CH2O2/c1-20(17,18)13-4-2-11(3-5-13)14-15-7-8-16(14)12-6-9-19-10-12;2-1-3/h2-5,7-8,12H,6,9-10H2,1H3;1H,(H,2,3). The van der Waals surface area contributed by atoms with Crippen LogP contribution in [-0.2, 0) is 14.6 Å². The Morgan fingerprint density at radius 3 is 2.52 bits per heavy atom. The second-order valence-electron chi connectivity index (χ2n) is 5.08. The van der Waals surface area contributed by atoms with Crippen LogP contribution in [0, 0.1) is 0 Å². The zero-order chi connectivity index (χ0) is 16.9. The van der Waals surface area contributed by atoms with Crippen LogP contribution in [0.15, 0.2) is 41.6 Å². The number of carboxylic acid groups (broad SMARTS) is 1. The molecule has 0 aliphatic carbocycles. The van der Waals surface area contributed by atoms with Crippen molar-refractivity contribution >= 4 is 28.1 Å². The van der Waals surface area contributed by atoms with E-state index in [1.165, 1.54) is 12.0 Å². The number of hydrogen-bond acceptors (Lipinski definition) is 5. The molecule has 1 aliphatic heterocycles. The molecule has 2 heterocycles. The van der Waals surface area contributed by atoms with E-state index >= 15 is 0 Å². The van der Waals surface area contributed by atoms with Crippen LogP contribution in [0.2, 0.25) is 0 Å². The van der Waals surface area contributed by atoms with Gasteiger partial charge >= 0.3 is 0 Å². The third-order valence-electron chi connectivity index (χ3n) is 3.51. The molecule has 1 saturated heterocycles. The third-order valence-corrected chi connectivity index (χ3v) is 5.78. The van der Waals surface area contributed by atoms with Gasteiger partial charge in [-0.3, -0.25) is 4.79 Å². The highest BCUT2D eigenvalue weighted by Crippen LogP contribution is 2.31. The lowest BCUT2D eigenvalue weighted by Gasteiger charge is -2.14. The van der Waals surface area contributed by atoms with Crippen molar-refractivity contribution in [2.75, 3.05) is 17.8 Å². The largest absolute Gasteiger partial charge is 0.483 e. The third kappa shape index (κ3) is 4.35. The first-order valence-corrected chi connectivity index (χ1v) is 10.0. The van der Waals surface area contributed by atoms with Crippen molar-refractivity contribution in [1.82, 2.24) is 9.55 Å². The monoisotopic (exact) mass is 354 g/mol. The molecule has 0 amide bonds. The van der Waals surface area contributed by atoms with Crippen LogP contribution in [0.4, 0.5) is 0 Å². The summed E-state index contributed by atoms with van der Waals surface area (Å²) in [5, 5.41) is 6.89. The predicted molar refractivity (Wildman–Crippen MR) is 90.4 cm³/mol. The number of benzene rings is 1. The van der Waals surface area contributed by atoms with Gasteiger partial charge in [-0.25, -0.2) is 13.4 Å². The lowest BCUT2D eigenvalue weighted by atomic mass is 10.2. The highest BCUT2D eigenvalue weighted by atomic mass is 32.2. The number of sulfone groups is 1. The topological polar surface area (TPSA) is 89.3 Å². The van der Waals surface area contributed by atoms with Crippen LogP contribution in [-0.4, -0.2) is 47.3 Å². The van der Waals surface area contributed by atoms with E-state index in [2.05, 4.69) is 9.55 Å². The lowest BCUT2D eigenvalue weighted by Crippen LogP contribution is -2.08. The first-order chi connectivity index (χ1) is 11.0. The number of hydrogen-bond donors (Lipinski definition) is 1. The zero-order valence-electron chi connectivity index (χ0n) is 12.6. The first kappa shape index (κ1) is 17.6. The van der Waals surface area contributed by atoms with E-state index in [0.29, 0.717) is 10.9 Å². The fourth-order valence-corrected chi connectivity index (χ4v) is 4.26. The Bertz CT molecular complexity index is 748. The van der Waals surface area contributed by atoms with E-state index in [0.717, 1.165) is 23.6 Å².